The summed E-state index contributed by atoms with van der Waals surface area (Å²) in [5.41, 5.74) is 0. The fraction of sp³-hybridized carbons (Fsp3) is 0.786. The molecular formula is C14H28Na2O5. The quantitative estimate of drug-likeness (QED) is 0.320. The van der Waals surface area contributed by atoms with Crippen LogP contribution in [0.25, 0.3) is 0 Å². The molecule has 0 aromatic rings. The van der Waals surface area contributed by atoms with E-state index in [1.165, 1.54) is 12.8 Å². The van der Waals surface area contributed by atoms with Gasteiger partial charge in [-0.2, -0.15) is 0 Å². The molecule has 0 aliphatic rings. The Kier molecular flexibility index (Phi) is 32.3. The van der Waals surface area contributed by atoms with Crippen LogP contribution in [0.4, 0.5) is 0 Å². The first-order valence-electron chi connectivity index (χ1n) is 6.93. The molecule has 0 aromatic carbocycles. The zero-order valence-corrected chi connectivity index (χ0v) is 12.2. The topological polar surface area (TPSA) is 80.7 Å². The van der Waals surface area contributed by atoms with Gasteiger partial charge in [-0.25, -0.2) is 0 Å². The Balaban J connectivity index is -0.000000179. The van der Waals surface area contributed by atoms with E-state index in [1.54, 1.807) is 13.8 Å². The molecule has 0 aliphatic heterocycles. The second-order valence-corrected chi connectivity index (χ2v) is 4.11. The van der Waals surface area contributed by atoms with Crippen LogP contribution < -0.4 is 0 Å². The number of unbranched alkanes of at least 4 members (excludes halogenated alkanes) is 4. The average molecular weight is 322 g/mol. The third-order valence-corrected chi connectivity index (χ3v) is 2.30. The predicted octanol–water partition coefficient (Wildman–Crippen LogP) is 2.01. The first kappa shape index (κ1) is 29.6. The first-order valence-corrected chi connectivity index (χ1v) is 6.93. The number of carbonyl (C=O) groups excluding carboxylic acids is 2. The van der Waals surface area contributed by atoms with Crippen LogP contribution in [0.5, 0.6) is 0 Å². The van der Waals surface area contributed by atoms with Gasteiger partial charge in [-0.1, -0.05) is 46.5 Å². The summed E-state index contributed by atoms with van der Waals surface area (Å²) < 4.78 is 4.53. The van der Waals surface area contributed by atoms with Gasteiger partial charge in [-0.3, -0.25) is 14.4 Å². The summed E-state index contributed by atoms with van der Waals surface area (Å²) in [5.74, 6) is -1.55. The summed E-state index contributed by atoms with van der Waals surface area (Å²) in [6.07, 6.45) is 6.29. The van der Waals surface area contributed by atoms with Crippen LogP contribution in [0, 0.1) is 0 Å². The zero-order valence-electron chi connectivity index (χ0n) is 12.2. The predicted molar refractivity (Wildman–Crippen MR) is 87.0 cm³/mol. The van der Waals surface area contributed by atoms with Crippen molar-refractivity contribution in [3.8, 4) is 0 Å². The van der Waals surface area contributed by atoms with E-state index < -0.39 is 11.9 Å². The molecule has 0 unspecified atom stereocenters. The normalized spacial score (nSPS) is 8.33. The zero-order chi connectivity index (χ0) is 15.1. The van der Waals surface area contributed by atoms with Crippen LogP contribution in [0.2, 0.25) is 0 Å². The molecule has 116 valence electrons. The van der Waals surface area contributed by atoms with E-state index in [0.717, 1.165) is 19.3 Å². The number of carbonyl (C=O) groups is 3. The first-order chi connectivity index (χ1) is 8.97. The van der Waals surface area contributed by atoms with Crippen LogP contribution in [-0.2, 0) is 19.1 Å². The van der Waals surface area contributed by atoms with E-state index >= 15 is 0 Å². The van der Waals surface area contributed by atoms with Crippen LogP contribution >= 0.6 is 0 Å². The summed E-state index contributed by atoms with van der Waals surface area (Å²) in [6.45, 7) is 5.42. The SMILES string of the molecule is CCC(=O)O.CCCCCCCC(=O)OC(=O)CC.[NaH].[NaH]. The van der Waals surface area contributed by atoms with E-state index in [9.17, 15) is 14.4 Å². The van der Waals surface area contributed by atoms with E-state index in [1.807, 2.05) is 0 Å². The Labute approximate surface area is 172 Å². The second kappa shape index (κ2) is 22.9. The van der Waals surface area contributed by atoms with Gasteiger partial charge in [-0.15, -0.1) is 0 Å². The second-order valence-electron chi connectivity index (χ2n) is 4.11. The number of rotatable bonds is 8. The van der Waals surface area contributed by atoms with Gasteiger partial charge in [0.05, 0.1) is 0 Å². The molecule has 21 heavy (non-hydrogen) atoms. The van der Waals surface area contributed by atoms with Crippen LogP contribution in [-0.4, -0.2) is 82.1 Å². The molecule has 0 spiro atoms. The molecule has 5 nitrogen and oxygen atoms in total. The summed E-state index contributed by atoms with van der Waals surface area (Å²) in [5, 5.41) is 7.72. The number of carboxylic acid groups (broad SMARTS) is 1. The van der Waals surface area contributed by atoms with Gasteiger partial charge in [0.1, 0.15) is 0 Å². The minimum absolute atomic E-state index is 0. The van der Waals surface area contributed by atoms with Crippen LogP contribution in [0.3, 0.4) is 0 Å². The van der Waals surface area contributed by atoms with E-state index in [2.05, 4.69) is 11.7 Å². The van der Waals surface area contributed by atoms with Gasteiger partial charge >= 0.3 is 77.0 Å². The number of carboxylic acids is 1. The molecule has 0 atom stereocenters. The molecule has 0 aromatic heterocycles. The Morgan fingerprint density at radius 3 is 1.67 bits per heavy atom. The maximum atomic E-state index is 11.0. The molecular weight excluding hydrogens is 294 g/mol. The number of esters is 2. The minimum atomic E-state index is -0.745. The third-order valence-electron chi connectivity index (χ3n) is 2.30. The number of hydrogen-bond donors (Lipinski definition) is 1. The summed E-state index contributed by atoms with van der Waals surface area (Å²) in [7, 11) is 0. The summed E-state index contributed by atoms with van der Waals surface area (Å²) in [6, 6.07) is 0. The molecule has 0 radical (unpaired) electrons. The molecule has 0 saturated heterocycles. The van der Waals surface area contributed by atoms with Crippen molar-refractivity contribution in [3.63, 3.8) is 0 Å². The Morgan fingerprint density at radius 2 is 1.29 bits per heavy atom. The van der Waals surface area contributed by atoms with Crippen LogP contribution in [0.15, 0.2) is 0 Å². The molecule has 1 N–H and O–H groups in total. The maximum absolute atomic E-state index is 11.0. The van der Waals surface area contributed by atoms with Crippen molar-refractivity contribution in [3.05, 3.63) is 0 Å². The van der Waals surface area contributed by atoms with Crippen molar-refractivity contribution in [2.75, 3.05) is 0 Å². The van der Waals surface area contributed by atoms with Crippen molar-refractivity contribution < 1.29 is 24.2 Å². The molecule has 0 heterocycles. The van der Waals surface area contributed by atoms with Crippen molar-refractivity contribution in [1.29, 1.82) is 0 Å². The Hall–Kier alpha value is 0.610. The van der Waals surface area contributed by atoms with Gasteiger partial charge in [0, 0.05) is 19.3 Å². The van der Waals surface area contributed by atoms with Gasteiger partial charge < -0.3 is 9.84 Å². The van der Waals surface area contributed by atoms with E-state index in [-0.39, 0.29) is 77.9 Å². The van der Waals surface area contributed by atoms with Crippen molar-refractivity contribution in [2.45, 2.75) is 72.1 Å². The molecule has 0 bridgehead atoms. The molecule has 7 heteroatoms. The monoisotopic (exact) mass is 322 g/mol. The number of hydrogen-bond acceptors (Lipinski definition) is 4. The molecule has 0 saturated carbocycles. The van der Waals surface area contributed by atoms with Gasteiger partial charge in [0.15, 0.2) is 0 Å². The van der Waals surface area contributed by atoms with Crippen molar-refractivity contribution in [1.82, 2.24) is 0 Å². The number of aliphatic carboxylic acids is 1. The average Bonchev–Trinajstić information content (AvgIpc) is 2.39. The van der Waals surface area contributed by atoms with Crippen molar-refractivity contribution >= 4 is 77.0 Å². The number of ether oxygens (including phenoxy) is 1. The van der Waals surface area contributed by atoms with Crippen LogP contribution in [0.1, 0.15) is 72.1 Å². The standard InChI is InChI=1S/C11H20O3.C3H6O2.2Na.2H/c1-3-5-6-7-8-9-11(13)14-10(12)4-2;1-2-3(4)5;;;;/h3-9H2,1-2H3;2H2,1H3,(H,4,5);;;;. The molecule has 0 aliphatic carbocycles. The fourth-order valence-electron chi connectivity index (χ4n) is 1.12. The van der Waals surface area contributed by atoms with E-state index in [4.69, 9.17) is 5.11 Å². The Bertz CT molecular complexity index is 270. The third kappa shape index (κ3) is 29.3. The summed E-state index contributed by atoms with van der Waals surface area (Å²) >= 11 is 0. The fourth-order valence-corrected chi connectivity index (χ4v) is 1.12. The van der Waals surface area contributed by atoms with E-state index in [0.29, 0.717) is 6.42 Å². The van der Waals surface area contributed by atoms with Gasteiger partial charge in [0.2, 0.25) is 0 Å². The van der Waals surface area contributed by atoms with Gasteiger partial charge in [0.25, 0.3) is 0 Å². The molecule has 0 amide bonds. The Morgan fingerprint density at radius 1 is 0.810 bits per heavy atom. The van der Waals surface area contributed by atoms with Crippen molar-refractivity contribution in [2.24, 2.45) is 0 Å². The van der Waals surface area contributed by atoms with Gasteiger partial charge in [-0.05, 0) is 6.42 Å². The molecule has 0 rings (SSSR count). The summed E-state index contributed by atoms with van der Waals surface area (Å²) in [4.78, 5) is 31.1. The molecule has 0 fully saturated rings.